The zero-order valence-electron chi connectivity index (χ0n) is 9.08. The third kappa shape index (κ3) is 1.72. The van der Waals surface area contributed by atoms with Crippen LogP contribution in [0.4, 0.5) is 0 Å². The van der Waals surface area contributed by atoms with Crippen LogP contribution in [0.3, 0.4) is 0 Å². The van der Waals surface area contributed by atoms with Crippen molar-refractivity contribution in [2.45, 2.75) is 38.8 Å². The molecular formula is C11H18O3. The first-order valence-corrected chi connectivity index (χ1v) is 5.12. The fourth-order valence-corrected chi connectivity index (χ4v) is 1.95. The van der Waals surface area contributed by atoms with E-state index in [0.717, 1.165) is 12.2 Å². The third-order valence-corrected chi connectivity index (χ3v) is 2.89. The molecule has 14 heavy (non-hydrogen) atoms. The summed E-state index contributed by atoms with van der Waals surface area (Å²) in [6.07, 6.45) is 0.0363. The van der Waals surface area contributed by atoms with Gasteiger partial charge in [0.1, 0.15) is 12.2 Å². The van der Waals surface area contributed by atoms with Crippen LogP contribution in [0.1, 0.15) is 20.8 Å². The lowest BCUT2D eigenvalue weighted by Gasteiger charge is -2.21. The molecule has 3 unspecified atom stereocenters. The van der Waals surface area contributed by atoms with Crippen LogP contribution in [-0.4, -0.2) is 31.2 Å². The van der Waals surface area contributed by atoms with Gasteiger partial charge in [-0.1, -0.05) is 13.5 Å². The Balaban J connectivity index is 2.01. The SMILES string of the molecule is C=C1C(C)COC1C1COC(C)(C)O1. The normalized spacial score (nSPS) is 41.9. The smallest absolute Gasteiger partial charge is 0.163 e. The predicted octanol–water partition coefficient (Wildman–Crippen LogP) is 1.73. The van der Waals surface area contributed by atoms with Crippen molar-refractivity contribution >= 4 is 0 Å². The average Bonchev–Trinajstić information content (AvgIpc) is 2.59. The van der Waals surface area contributed by atoms with Gasteiger partial charge in [0.2, 0.25) is 0 Å². The highest BCUT2D eigenvalue weighted by Crippen LogP contribution is 2.33. The minimum atomic E-state index is -0.472. The van der Waals surface area contributed by atoms with Crippen LogP contribution in [0, 0.1) is 5.92 Å². The molecule has 0 spiro atoms. The van der Waals surface area contributed by atoms with E-state index in [1.165, 1.54) is 0 Å². The van der Waals surface area contributed by atoms with Crippen LogP contribution in [0.15, 0.2) is 12.2 Å². The molecule has 0 aromatic heterocycles. The molecule has 0 N–H and O–H groups in total. The van der Waals surface area contributed by atoms with Crippen molar-refractivity contribution in [3.05, 3.63) is 12.2 Å². The van der Waals surface area contributed by atoms with Crippen molar-refractivity contribution < 1.29 is 14.2 Å². The average molecular weight is 198 g/mol. The van der Waals surface area contributed by atoms with Crippen molar-refractivity contribution in [1.29, 1.82) is 0 Å². The van der Waals surface area contributed by atoms with Crippen molar-refractivity contribution in [1.82, 2.24) is 0 Å². The van der Waals surface area contributed by atoms with Gasteiger partial charge in [0, 0.05) is 5.92 Å². The summed E-state index contributed by atoms with van der Waals surface area (Å²) in [5.74, 6) is -0.0348. The lowest BCUT2D eigenvalue weighted by atomic mass is 9.99. The summed E-state index contributed by atoms with van der Waals surface area (Å²) in [7, 11) is 0. The maximum atomic E-state index is 5.74. The number of hydrogen-bond acceptors (Lipinski definition) is 3. The molecular weight excluding hydrogens is 180 g/mol. The number of ether oxygens (including phenoxy) is 3. The maximum absolute atomic E-state index is 5.74. The fraction of sp³-hybridized carbons (Fsp3) is 0.818. The highest BCUT2D eigenvalue weighted by molar-refractivity contribution is 5.14. The molecule has 2 aliphatic rings. The molecule has 2 aliphatic heterocycles. The Morgan fingerprint density at radius 2 is 2.07 bits per heavy atom. The van der Waals surface area contributed by atoms with E-state index in [-0.39, 0.29) is 12.2 Å². The quantitative estimate of drug-likeness (QED) is 0.600. The summed E-state index contributed by atoms with van der Waals surface area (Å²) < 4.78 is 16.9. The van der Waals surface area contributed by atoms with Gasteiger partial charge in [-0.15, -0.1) is 0 Å². The van der Waals surface area contributed by atoms with Crippen molar-refractivity contribution in [3.8, 4) is 0 Å². The Kier molecular flexibility index (Phi) is 2.41. The van der Waals surface area contributed by atoms with Crippen LogP contribution >= 0.6 is 0 Å². The summed E-state index contributed by atoms with van der Waals surface area (Å²) in [6.45, 7) is 11.4. The monoisotopic (exact) mass is 198 g/mol. The molecule has 2 saturated heterocycles. The molecule has 2 heterocycles. The molecule has 0 aromatic carbocycles. The molecule has 3 atom stereocenters. The first kappa shape index (κ1) is 10.1. The van der Waals surface area contributed by atoms with E-state index in [2.05, 4.69) is 13.5 Å². The second kappa shape index (κ2) is 3.33. The Bertz CT molecular complexity index is 247. The first-order chi connectivity index (χ1) is 6.49. The molecule has 0 bridgehead atoms. The van der Waals surface area contributed by atoms with Crippen molar-refractivity contribution in [2.24, 2.45) is 5.92 Å². The van der Waals surface area contributed by atoms with E-state index in [1.807, 2.05) is 13.8 Å². The Hall–Kier alpha value is -0.380. The fourth-order valence-electron chi connectivity index (χ4n) is 1.95. The van der Waals surface area contributed by atoms with Crippen LogP contribution in [0.2, 0.25) is 0 Å². The molecule has 0 saturated carbocycles. The topological polar surface area (TPSA) is 27.7 Å². The lowest BCUT2D eigenvalue weighted by molar-refractivity contribution is -0.149. The van der Waals surface area contributed by atoms with Gasteiger partial charge in [0.15, 0.2) is 5.79 Å². The molecule has 0 aromatic rings. The van der Waals surface area contributed by atoms with E-state index in [4.69, 9.17) is 14.2 Å². The Morgan fingerprint density at radius 1 is 1.36 bits per heavy atom. The van der Waals surface area contributed by atoms with Gasteiger partial charge in [-0.2, -0.15) is 0 Å². The summed E-state index contributed by atoms with van der Waals surface area (Å²) in [6, 6.07) is 0. The molecule has 2 rings (SSSR count). The van der Waals surface area contributed by atoms with Gasteiger partial charge in [-0.05, 0) is 19.4 Å². The Labute approximate surface area is 85.0 Å². The summed E-state index contributed by atoms with van der Waals surface area (Å²) in [5, 5.41) is 0. The largest absolute Gasteiger partial charge is 0.370 e. The van der Waals surface area contributed by atoms with E-state index in [9.17, 15) is 0 Å². The first-order valence-electron chi connectivity index (χ1n) is 5.12. The number of rotatable bonds is 1. The van der Waals surface area contributed by atoms with Gasteiger partial charge in [-0.3, -0.25) is 0 Å². The minimum absolute atomic E-state index is 0.0162. The van der Waals surface area contributed by atoms with Crippen LogP contribution in [0.5, 0.6) is 0 Å². The van der Waals surface area contributed by atoms with Crippen LogP contribution in [0.25, 0.3) is 0 Å². The zero-order valence-corrected chi connectivity index (χ0v) is 9.08. The maximum Gasteiger partial charge on any atom is 0.163 e. The number of hydrogen-bond donors (Lipinski definition) is 0. The summed E-state index contributed by atoms with van der Waals surface area (Å²) in [5.41, 5.74) is 1.14. The second-order valence-corrected chi connectivity index (χ2v) is 4.60. The zero-order chi connectivity index (χ0) is 10.3. The predicted molar refractivity (Wildman–Crippen MR) is 52.9 cm³/mol. The van der Waals surface area contributed by atoms with E-state index >= 15 is 0 Å². The minimum Gasteiger partial charge on any atom is -0.370 e. The molecule has 2 fully saturated rings. The lowest BCUT2D eigenvalue weighted by Crippen LogP contribution is -2.31. The molecule has 3 nitrogen and oxygen atoms in total. The molecule has 0 radical (unpaired) electrons. The molecule has 80 valence electrons. The van der Waals surface area contributed by atoms with Gasteiger partial charge in [0.05, 0.1) is 13.2 Å². The van der Waals surface area contributed by atoms with Gasteiger partial charge in [0.25, 0.3) is 0 Å². The summed E-state index contributed by atoms with van der Waals surface area (Å²) >= 11 is 0. The van der Waals surface area contributed by atoms with Crippen molar-refractivity contribution in [3.63, 3.8) is 0 Å². The highest BCUT2D eigenvalue weighted by Gasteiger charge is 2.42. The van der Waals surface area contributed by atoms with E-state index in [1.54, 1.807) is 0 Å². The van der Waals surface area contributed by atoms with Crippen LogP contribution < -0.4 is 0 Å². The Morgan fingerprint density at radius 3 is 2.50 bits per heavy atom. The van der Waals surface area contributed by atoms with Gasteiger partial charge >= 0.3 is 0 Å². The highest BCUT2D eigenvalue weighted by atomic mass is 16.7. The molecule has 0 amide bonds. The molecule has 3 heteroatoms. The second-order valence-electron chi connectivity index (χ2n) is 4.60. The molecule has 0 aliphatic carbocycles. The van der Waals surface area contributed by atoms with E-state index < -0.39 is 5.79 Å². The van der Waals surface area contributed by atoms with Crippen LogP contribution in [-0.2, 0) is 14.2 Å². The standard InChI is InChI=1S/C11H18O3/c1-7-5-12-10(8(7)2)9-6-13-11(3,4)14-9/h7,9-10H,2,5-6H2,1,3-4H3. The van der Waals surface area contributed by atoms with Gasteiger partial charge < -0.3 is 14.2 Å². The third-order valence-electron chi connectivity index (χ3n) is 2.89. The van der Waals surface area contributed by atoms with Gasteiger partial charge in [-0.25, -0.2) is 0 Å². The summed E-state index contributed by atoms with van der Waals surface area (Å²) in [4.78, 5) is 0. The van der Waals surface area contributed by atoms with E-state index in [0.29, 0.717) is 12.5 Å². The van der Waals surface area contributed by atoms with Crippen molar-refractivity contribution in [2.75, 3.05) is 13.2 Å².